The first-order valence-corrected chi connectivity index (χ1v) is 9.73. The Hall–Kier alpha value is -2.50. The van der Waals surface area contributed by atoms with Crippen LogP contribution in [0.2, 0.25) is 5.02 Å². The fraction of sp³-hybridized carbons (Fsp3) is 0.318. The van der Waals surface area contributed by atoms with Crippen LogP contribution in [-0.2, 0) is 24.1 Å². The second-order valence-corrected chi connectivity index (χ2v) is 7.34. The minimum atomic E-state index is 0.0739. The van der Waals surface area contributed by atoms with Crippen LogP contribution in [-0.4, -0.2) is 32.3 Å². The Morgan fingerprint density at radius 1 is 1.14 bits per heavy atom. The molecule has 0 bridgehead atoms. The predicted octanol–water partition coefficient (Wildman–Crippen LogP) is 3.82. The fourth-order valence-corrected chi connectivity index (χ4v) is 3.40. The first-order chi connectivity index (χ1) is 13.5. The Kier molecular flexibility index (Phi) is 6.60. The molecule has 0 aliphatic heterocycles. The lowest BCUT2D eigenvalue weighted by molar-refractivity contribution is -0.118. The average Bonchev–Trinajstić information content (AvgIpc) is 3.03. The van der Waals surface area contributed by atoms with Gasteiger partial charge in [-0.1, -0.05) is 23.7 Å². The molecule has 2 heterocycles. The van der Waals surface area contributed by atoms with Crippen molar-refractivity contribution in [1.82, 2.24) is 14.8 Å². The zero-order chi connectivity index (χ0) is 20.1. The van der Waals surface area contributed by atoms with Gasteiger partial charge in [0.05, 0.1) is 11.4 Å². The molecule has 6 heteroatoms. The van der Waals surface area contributed by atoms with E-state index in [-0.39, 0.29) is 12.4 Å². The van der Waals surface area contributed by atoms with Crippen molar-refractivity contribution in [1.29, 1.82) is 0 Å². The molecule has 28 heavy (non-hydrogen) atoms. The number of aliphatic hydroxyl groups is 1. The van der Waals surface area contributed by atoms with Gasteiger partial charge in [0, 0.05) is 48.0 Å². The van der Waals surface area contributed by atoms with Crippen molar-refractivity contribution in [2.75, 3.05) is 6.61 Å². The van der Waals surface area contributed by atoms with Gasteiger partial charge in [-0.3, -0.25) is 9.78 Å². The Morgan fingerprint density at radius 2 is 1.96 bits per heavy atom. The minimum Gasteiger partial charge on any atom is -0.396 e. The second kappa shape index (κ2) is 9.13. The number of hydrogen-bond donors (Lipinski definition) is 1. The molecule has 0 amide bonds. The molecule has 1 N–H and O–H groups in total. The van der Waals surface area contributed by atoms with Crippen LogP contribution in [0.1, 0.15) is 34.8 Å². The smallest absolute Gasteiger partial charge is 0.137 e. The van der Waals surface area contributed by atoms with Crippen LogP contribution >= 0.6 is 11.6 Å². The van der Waals surface area contributed by atoms with E-state index in [0.29, 0.717) is 30.7 Å². The zero-order valence-corrected chi connectivity index (χ0v) is 16.9. The molecular formula is C22H24ClN3O2. The molecule has 0 saturated carbocycles. The number of rotatable bonds is 8. The van der Waals surface area contributed by atoms with Crippen LogP contribution in [0.5, 0.6) is 0 Å². The molecule has 146 valence electrons. The normalized spacial score (nSPS) is 11.0. The number of carbonyl (C=O) groups excluding carboxylic acids is 1. The van der Waals surface area contributed by atoms with Gasteiger partial charge in [-0.25, -0.2) is 4.68 Å². The standard InChI is InChI=1S/C22H24ClN3O2/c1-15-12-21(26(25-15)20-5-3-4-18(23)14-20)8-9-22(28)13-17-6-7-19(10-11-27)24-16(17)2/h3-7,12,14,27H,8-11,13H2,1-2H3. The molecule has 3 aromatic rings. The monoisotopic (exact) mass is 397 g/mol. The molecule has 0 fully saturated rings. The molecular weight excluding hydrogens is 374 g/mol. The first kappa shape index (κ1) is 20.2. The van der Waals surface area contributed by atoms with Gasteiger partial charge in [0.15, 0.2) is 0 Å². The third-order valence-electron chi connectivity index (χ3n) is 4.63. The molecule has 0 aliphatic carbocycles. The largest absolute Gasteiger partial charge is 0.396 e. The summed E-state index contributed by atoms with van der Waals surface area (Å²) < 4.78 is 1.85. The van der Waals surface area contributed by atoms with Crippen molar-refractivity contribution in [2.45, 2.75) is 39.5 Å². The molecule has 0 saturated heterocycles. The third kappa shape index (κ3) is 5.06. The quantitative estimate of drug-likeness (QED) is 0.627. The highest BCUT2D eigenvalue weighted by molar-refractivity contribution is 6.30. The Bertz CT molecular complexity index is 982. The minimum absolute atomic E-state index is 0.0739. The van der Waals surface area contributed by atoms with Crippen molar-refractivity contribution in [3.05, 3.63) is 75.8 Å². The maximum atomic E-state index is 12.5. The summed E-state index contributed by atoms with van der Waals surface area (Å²) in [6, 6.07) is 13.3. The number of Topliss-reactive ketones (excluding diaryl/α,β-unsaturated/α-hetero) is 1. The van der Waals surface area contributed by atoms with E-state index in [2.05, 4.69) is 10.1 Å². The Morgan fingerprint density at radius 3 is 2.68 bits per heavy atom. The van der Waals surface area contributed by atoms with E-state index in [1.807, 2.05) is 61.0 Å². The SMILES string of the molecule is Cc1cc(CCC(=O)Cc2ccc(CCO)nc2C)n(-c2cccc(Cl)c2)n1. The van der Waals surface area contributed by atoms with Crippen LogP contribution in [0.4, 0.5) is 0 Å². The van der Waals surface area contributed by atoms with Gasteiger partial charge in [-0.2, -0.15) is 5.10 Å². The number of pyridine rings is 1. The third-order valence-corrected chi connectivity index (χ3v) is 4.86. The lowest BCUT2D eigenvalue weighted by atomic mass is 10.0. The van der Waals surface area contributed by atoms with Crippen LogP contribution in [0.25, 0.3) is 5.69 Å². The van der Waals surface area contributed by atoms with Crippen LogP contribution in [0.15, 0.2) is 42.5 Å². The average molecular weight is 398 g/mol. The number of carbonyl (C=O) groups is 1. The summed E-state index contributed by atoms with van der Waals surface area (Å²) in [5, 5.41) is 14.2. The van der Waals surface area contributed by atoms with Crippen molar-refractivity contribution in [3.8, 4) is 5.69 Å². The van der Waals surface area contributed by atoms with E-state index in [1.165, 1.54) is 0 Å². The van der Waals surface area contributed by atoms with Crippen LogP contribution in [0.3, 0.4) is 0 Å². The summed E-state index contributed by atoms with van der Waals surface area (Å²) in [5.74, 6) is 0.163. The Labute approximate surface area is 170 Å². The maximum absolute atomic E-state index is 12.5. The fourth-order valence-electron chi connectivity index (χ4n) is 3.21. The zero-order valence-electron chi connectivity index (χ0n) is 16.2. The summed E-state index contributed by atoms with van der Waals surface area (Å²) in [7, 11) is 0. The van der Waals surface area contributed by atoms with E-state index < -0.39 is 0 Å². The van der Waals surface area contributed by atoms with E-state index in [1.54, 1.807) is 0 Å². The van der Waals surface area contributed by atoms with Crippen molar-refractivity contribution in [3.63, 3.8) is 0 Å². The van der Waals surface area contributed by atoms with Gasteiger partial charge in [0.2, 0.25) is 0 Å². The van der Waals surface area contributed by atoms with E-state index in [0.717, 1.165) is 34.0 Å². The molecule has 0 atom stereocenters. The highest BCUT2D eigenvalue weighted by Gasteiger charge is 2.12. The van der Waals surface area contributed by atoms with Gasteiger partial charge in [-0.05, 0) is 56.2 Å². The molecule has 0 spiro atoms. The molecule has 3 rings (SSSR count). The number of aliphatic hydroxyl groups excluding tert-OH is 1. The van der Waals surface area contributed by atoms with E-state index in [4.69, 9.17) is 16.7 Å². The van der Waals surface area contributed by atoms with Gasteiger partial charge < -0.3 is 5.11 Å². The number of hydrogen-bond acceptors (Lipinski definition) is 4. The van der Waals surface area contributed by atoms with Crippen molar-refractivity contribution >= 4 is 17.4 Å². The lowest BCUT2D eigenvalue weighted by Crippen LogP contribution is -2.09. The first-order valence-electron chi connectivity index (χ1n) is 9.35. The van der Waals surface area contributed by atoms with Gasteiger partial charge in [0.1, 0.15) is 5.78 Å². The van der Waals surface area contributed by atoms with Crippen LogP contribution < -0.4 is 0 Å². The summed E-state index contributed by atoms with van der Waals surface area (Å²) >= 11 is 6.10. The Balaban J connectivity index is 1.67. The number of benzene rings is 1. The van der Waals surface area contributed by atoms with Crippen molar-refractivity contribution in [2.24, 2.45) is 0 Å². The molecule has 2 aromatic heterocycles. The molecule has 0 radical (unpaired) electrons. The van der Waals surface area contributed by atoms with E-state index in [9.17, 15) is 4.79 Å². The molecule has 5 nitrogen and oxygen atoms in total. The highest BCUT2D eigenvalue weighted by Crippen LogP contribution is 2.19. The summed E-state index contributed by atoms with van der Waals surface area (Å²) in [5.41, 5.74) is 5.41. The van der Waals surface area contributed by atoms with Crippen LogP contribution in [0, 0.1) is 13.8 Å². The number of aryl methyl sites for hydroxylation is 3. The molecule has 0 aliphatic rings. The molecule has 1 aromatic carbocycles. The summed E-state index contributed by atoms with van der Waals surface area (Å²) in [4.78, 5) is 17.0. The number of aromatic nitrogens is 3. The molecule has 0 unspecified atom stereocenters. The van der Waals surface area contributed by atoms with Gasteiger partial charge in [-0.15, -0.1) is 0 Å². The number of halogens is 1. The topological polar surface area (TPSA) is 68.0 Å². The summed E-state index contributed by atoms with van der Waals surface area (Å²) in [6.07, 6.45) is 1.94. The number of ketones is 1. The number of nitrogens with zero attached hydrogens (tertiary/aromatic N) is 3. The maximum Gasteiger partial charge on any atom is 0.137 e. The van der Waals surface area contributed by atoms with Crippen molar-refractivity contribution < 1.29 is 9.90 Å². The second-order valence-electron chi connectivity index (χ2n) is 6.90. The van der Waals surface area contributed by atoms with E-state index >= 15 is 0 Å². The van der Waals surface area contributed by atoms with Gasteiger partial charge in [0.25, 0.3) is 0 Å². The summed E-state index contributed by atoms with van der Waals surface area (Å²) in [6.45, 7) is 3.92. The lowest BCUT2D eigenvalue weighted by Gasteiger charge is -2.09. The highest BCUT2D eigenvalue weighted by atomic mass is 35.5. The predicted molar refractivity (Wildman–Crippen MR) is 110 cm³/mol. The van der Waals surface area contributed by atoms with Gasteiger partial charge >= 0.3 is 0 Å².